The molecule has 1 rings (SSSR count). The Hall–Kier alpha value is -0.0900. The van der Waals surface area contributed by atoms with Crippen LogP contribution in [0.4, 0.5) is 0 Å². The van der Waals surface area contributed by atoms with E-state index >= 15 is 0 Å². The third kappa shape index (κ3) is 2.45. The van der Waals surface area contributed by atoms with E-state index in [4.69, 9.17) is 0 Å². The van der Waals surface area contributed by atoms with Gasteiger partial charge in [-0.1, -0.05) is 7.43 Å². The first-order valence-corrected chi connectivity index (χ1v) is 5.64. The molecule has 0 N–H and O–H groups in total. The van der Waals surface area contributed by atoms with E-state index in [1.54, 1.807) is 4.31 Å². The lowest BCUT2D eigenvalue weighted by Gasteiger charge is -2.29. The maximum Gasteiger partial charge on any atom is 0.214 e. The Labute approximate surface area is 75.8 Å². The Balaban J connectivity index is 0.00000121. The smallest absolute Gasteiger partial charge is 0.212 e. The predicted molar refractivity (Wildman–Crippen MR) is 51.6 cm³/mol. The lowest BCUT2D eigenvalue weighted by molar-refractivity contribution is 0.333. The Morgan fingerprint density at radius 2 is 1.83 bits per heavy atom. The van der Waals surface area contributed by atoms with Gasteiger partial charge < -0.3 is 0 Å². The highest BCUT2D eigenvalue weighted by molar-refractivity contribution is 7.89. The van der Waals surface area contributed by atoms with Crippen molar-refractivity contribution in [3.63, 3.8) is 0 Å². The molecule has 0 spiro atoms. The number of nitrogens with zero attached hydrogens (tertiary/aromatic N) is 1. The molecule has 0 aliphatic carbocycles. The highest BCUT2D eigenvalue weighted by Gasteiger charge is 2.27. The SMILES string of the molecule is C.CC(C)N1CCCCS1(=O)=O. The maximum atomic E-state index is 11.3. The van der Waals surface area contributed by atoms with Crippen molar-refractivity contribution < 1.29 is 8.42 Å². The molecule has 0 aromatic carbocycles. The summed E-state index contributed by atoms with van der Waals surface area (Å²) in [5, 5.41) is 0. The van der Waals surface area contributed by atoms with Gasteiger partial charge in [-0.25, -0.2) is 8.42 Å². The topological polar surface area (TPSA) is 37.4 Å². The number of sulfonamides is 1. The van der Waals surface area contributed by atoms with Crippen molar-refractivity contribution >= 4 is 10.0 Å². The molecule has 0 atom stereocenters. The third-order valence-electron chi connectivity index (χ3n) is 1.96. The van der Waals surface area contributed by atoms with Crippen LogP contribution in [0.1, 0.15) is 34.1 Å². The maximum absolute atomic E-state index is 11.3. The molecule has 0 bridgehead atoms. The predicted octanol–water partition coefficient (Wildman–Crippen LogP) is 1.46. The highest BCUT2D eigenvalue weighted by Crippen LogP contribution is 2.15. The van der Waals surface area contributed by atoms with Crippen LogP contribution in [0.15, 0.2) is 0 Å². The zero-order valence-corrected chi connectivity index (χ0v) is 7.89. The van der Waals surface area contributed by atoms with E-state index < -0.39 is 10.0 Å². The molecule has 1 saturated heterocycles. The average Bonchev–Trinajstić information content (AvgIpc) is 1.85. The van der Waals surface area contributed by atoms with E-state index in [1.807, 2.05) is 13.8 Å². The van der Waals surface area contributed by atoms with E-state index in [0.29, 0.717) is 12.3 Å². The molecule has 12 heavy (non-hydrogen) atoms. The van der Waals surface area contributed by atoms with Crippen LogP contribution >= 0.6 is 0 Å². The summed E-state index contributed by atoms with van der Waals surface area (Å²) in [5.41, 5.74) is 0. The summed E-state index contributed by atoms with van der Waals surface area (Å²) in [4.78, 5) is 0. The van der Waals surface area contributed by atoms with Crippen molar-refractivity contribution in [3.05, 3.63) is 0 Å². The molecule has 1 aliphatic rings. The molecular weight excluding hydrogens is 174 g/mol. The van der Waals surface area contributed by atoms with Crippen LogP contribution in [0.2, 0.25) is 0 Å². The molecule has 0 unspecified atom stereocenters. The first-order valence-electron chi connectivity index (χ1n) is 4.03. The number of hydrogen-bond acceptors (Lipinski definition) is 2. The van der Waals surface area contributed by atoms with Crippen LogP contribution < -0.4 is 0 Å². The van der Waals surface area contributed by atoms with Crippen molar-refractivity contribution in [1.82, 2.24) is 4.31 Å². The van der Waals surface area contributed by atoms with Crippen LogP contribution in [-0.2, 0) is 10.0 Å². The fraction of sp³-hybridized carbons (Fsp3) is 1.00. The van der Waals surface area contributed by atoms with Gasteiger partial charge in [0.05, 0.1) is 5.75 Å². The second-order valence-corrected chi connectivity index (χ2v) is 5.27. The van der Waals surface area contributed by atoms with Gasteiger partial charge >= 0.3 is 0 Å². The van der Waals surface area contributed by atoms with Gasteiger partial charge in [0, 0.05) is 12.6 Å². The highest BCUT2D eigenvalue weighted by atomic mass is 32.2. The minimum absolute atomic E-state index is 0. The van der Waals surface area contributed by atoms with Gasteiger partial charge in [-0.15, -0.1) is 0 Å². The van der Waals surface area contributed by atoms with E-state index in [2.05, 4.69) is 0 Å². The first-order chi connectivity index (χ1) is 5.04. The number of rotatable bonds is 1. The van der Waals surface area contributed by atoms with Gasteiger partial charge in [0.1, 0.15) is 0 Å². The van der Waals surface area contributed by atoms with Crippen LogP contribution in [0, 0.1) is 0 Å². The molecule has 74 valence electrons. The van der Waals surface area contributed by atoms with Crippen LogP contribution in [0.25, 0.3) is 0 Å². The summed E-state index contributed by atoms with van der Waals surface area (Å²) in [6.45, 7) is 4.55. The summed E-state index contributed by atoms with van der Waals surface area (Å²) in [6, 6.07) is 0.125. The summed E-state index contributed by atoms with van der Waals surface area (Å²) in [6.07, 6.45) is 1.84. The molecule has 0 radical (unpaired) electrons. The average molecular weight is 193 g/mol. The number of hydrogen-bond donors (Lipinski definition) is 0. The largest absolute Gasteiger partial charge is 0.214 e. The van der Waals surface area contributed by atoms with Gasteiger partial charge in [0.2, 0.25) is 10.0 Å². The van der Waals surface area contributed by atoms with Gasteiger partial charge in [0.25, 0.3) is 0 Å². The fourth-order valence-electron chi connectivity index (χ4n) is 1.39. The molecule has 0 saturated carbocycles. The van der Waals surface area contributed by atoms with Crippen molar-refractivity contribution in [2.75, 3.05) is 12.3 Å². The lowest BCUT2D eigenvalue weighted by Crippen LogP contribution is -2.42. The molecule has 0 aromatic heterocycles. The van der Waals surface area contributed by atoms with Crippen LogP contribution in [0.5, 0.6) is 0 Å². The molecule has 1 heterocycles. The van der Waals surface area contributed by atoms with Gasteiger partial charge in [0.15, 0.2) is 0 Å². The normalized spacial score (nSPS) is 23.6. The van der Waals surface area contributed by atoms with E-state index in [0.717, 1.165) is 12.8 Å². The van der Waals surface area contributed by atoms with Crippen molar-refractivity contribution in [2.24, 2.45) is 0 Å². The molecule has 0 aromatic rings. The van der Waals surface area contributed by atoms with E-state index in [9.17, 15) is 8.42 Å². The second-order valence-electron chi connectivity index (χ2n) is 3.23. The molecule has 3 nitrogen and oxygen atoms in total. The van der Waals surface area contributed by atoms with Gasteiger partial charge in [-0.3, -0.25) is 0 Å². The Morgan fingerprint density at radius 1 is 1.25 bits per heavy atom. The zero-order chi connectivity index (χ0) is 8.48. The van der Waals surface area contributed by atoms with Gasteiger partial charge in [-0.2, -0.15) is 4.31 Å². The summed E-state index contributed by atoms with van der Waals surface area (Å²) in [5.74, 6) is 0.338. The monoisotopic (exact) mass is 193 g/mol. The minimum Gasteiger partial charge on any atom is -0.212 e. The van der Waals surface area contributed by atoms with E-state index in [-0.39, 0.29) is 13.5 Å². The quantitative estimate of drug-likeness (QED) is 0.632. The van der Waals surface area contributed by atoms with Crippen molar-refractivity contribution in [3.8, 4) is 0 Å². The minimum atomic E-state index is -2.89. The summed E-state index contributed by atoms with van der Waals surface area (Å²) in [7, 11) is -2.89. The third-order valence-corrected chi connectivity index (χ3v) is 4.09. The molecular formula is C8H19NO2S. The Bertz CT molecular complexity index is 221. The Morgan fingerprint density at radius 3 is 2.17 bits per heavy atom. The zero-order valence-electron chi connectivity index (χ0n) is 7.08. The Kier molecular flexibility index (Phi) is 4.20. The van der Waals surface area contributed by atoms with E-state index in [1.165, 1.54) is 0 Å². The standard InChI is InChI=1S/C7H15NO2S.CH4/c1-7(2)8-5-3-4-6-11(8,9)10;/h7H,3-6H2,1-2H3;1H4. The molecule has 1 fully saturated rings. The molecule has 1 aliphatic heterocycles. The summed E-state index contributed by atoms with van der Waals surface area (Å²) < 4.78 is 24.3. The van der Waals surface area contributed by atoms with Gasteiger partial charge in [-0.05, 0) is 26.7 Å². The fourth-order valence-corrected chi connectivity index (χ4v) is 3.24. The second kappa shape index (κ2) is 4.23. The first kappa shape index (κ1) is 11.9. The molecule has 4 heteroatoms. The molecule has 0 amide bonds. The van der Waals surface area contributed by atoms with Crippen molar-refractivity contribution in [1.29, 1.82) is 0 Å². The van der Waals surface area contributed by atoms with Crippen LogP contribution in [-0.4, -0.2) is 31.1 Å². The van der Waals surface area contributed by atoms with Crippen LogP contribution in [0.3, 0.4) is 0 Å². The lowest BCUT2D eigenvalue weighted by atomic mass is 10.3. The van der Waals surface area contributed by atoms with Crippen molar-refractivity contribution in [2.45, 2.75) is 40.2 Å². The summed E-state index contributed by atoms with van der Waals surface area (Å²) >= 11 is 0.